The van der Waals surface area contributed by atoms with E-state index in [4.69, 9.17) is 0 Å². The number of fused-ring (bicyclic) bond motifs is 4. The molecular formula is C48H35P. The second-order valence-electron chi connectivity index (χ2n) is 13.2. The normalized spacial score (nSPS) is 11.7. The molecule has 0 aromatic heterocycles. The molecule has 0 radical (unpaired) electrons. The van der Waals surface area contributed by atoms with Gasteiger partial charge in [0.15, 0.2) is 0 Å². The van der Waals surface area contributed by atoms with Crippen LogP contribution in [0.25, 0.3) is 87.6 Å². The van der Waals surface area contributed by atoms with Crippen molar-refractivity contribution < 1.29 is 0 Å². The molecule has 0 aliphatic carbocycles. The van der Waals surface area contributed by atoms with Gasteiger partial charge in [0.1, 0.15) is 0 Å². The standard InChI is InChI=1S/C48H35P/c1-49(2)42-17-11-16-38(31-42)47-43-18-7-9-20-45(43)48(46-21-10-8-19-44(46)47)41-29-39(36-24-22-32-12-3-5-14-34(32)26-36)28-40(30-41)37-25-23-33-13-4-6-15-35(33)27-37/h3-31H,1-2H3. The third kappa shape index (κ3) is 5.30. The summed E-state index contributed by atoms with van der Waals surface area (Å²) >= 11 is 0. The van der Waals surface area contributed by atoms with Crippen LogP contribution < -0.4 is 5.30 Å². The molecule has 0 fully saturated rings. The van der Waals surface area contributed by atoms with Gasteiger partial charge in [0.2, 0.25) is 0 Å². The molecule has 0 N–H and O–H groups in total. The van der Waals surface area contributed by atoms with Crippen LogP contribution in [0.15, 0.2) is 176 Å². The van der Waals surface area contributed by atoms with Gasteiger partial charge in [-0.05, 0) is 143 Å². The van der Waals surface area contributed by atoms with Gasteiger partial charge >= 0.3 is 0 Å². The van der Waals surface area contributed by atoms with E-state index in [0.29, 0.717) is 0 Å². The van der Waals surface area contributed by atoms with Crippen molar-refractivity contribution in [3.05, 3.63) is 176 Å². The first-order valence-electron chi connectivity index (χ1n) is 17.0. The molecule has 232 valence electrons. The third-order valence-electron chi connectivity index (χ3n) is 9.97. The molecule has 0 amide bonds. The molecule has 0 bridgehead atoms. The fourth-order valence-corrected chi connectivity index (χ4v) is 8.31. The Morgan fingerprint density at radius 3 is 1.20 bits per heavy atom. The van der Waals surface area contributed by atoms with Crippen molar-refractivity contribution in [2.24, 2.45) is 0 Å². The number of hydrogen-bond acceptors (Lipinski definition) is 0. The Balaban J connectivity index is 1.35. The van der Waals surface area contributed by atoms with Crippen LogP contribution in [0.2, 0.25) is 0 Å². The van der Waals surface area contributed by atoms with Crippen LogP contribution in [-0.4, -0.2) is 13.3 Å². The predicted octanol–water partition coefficient (Wildman–Crippen LogP) is 13.3. The minimum Gasteiger partial charge on any atom is -0.0817 e. The summed E-state index contributed by atoms with van der Waals surface area (Å²) in [4.78, 5) is 0. The van der Waals surface area contributed by atoms with Crippen molar-refractivity contribution in [1.82, 2.24) is 0 Å². The molecule has 0 saturated carbocycles. The lowest BCUT2D eigenvalue weighted by Gasteiger charge is -2.20. The SMILES string of the molecule is CP(C)c1cccc(-c2c3ccccc3c(-c3cc(-c4ccc5ccccc5c4)cc(-c4ccc5ccccc5c4)c3)c3ccccc23)c1. The third-order valence-corrected chi connectivity index (χ3v) is 11.3. The van der Waals surface area contributed by atoms with Gasteiger partial charge in [-0.15, -0.1) is 0 Å². The zero-order chi connectivity index (χ0) is 32.9. The summed E-state index contributed by atoms with van der Waals surface area (Å²) in [7, 11) is -0.205. The highest BCUT2D eigenvalue weighted by atomic mass is 31.1. The first-order valence-corrected chi connectivity index (χ1v) is 19.2. The second-order valence-corrected chi connectivity index (χ2v) is 15.5. The number of benzene rings is 9. The summed E-state index contributed by atoms with van der Waals surface area (Å²) in [5.41, 5.74) is 9.99. The van der Waals surface area contributed by atoms with Crippen molar-refractivity contribution in [3.8, 4) is 44.5 Å². The molecule has 0 saturated heterocycles. The summed E-state index contributed by atoms with van der Waals surface area (Å²) in [6.07, 6.45) is 0. The average molecular weight is 643 g/mol. The van der Waals surface area contributed by atoms with E-state index in [1.54, 1.807) is 0 Å². The van der Waals surface area contributed by atoms with Gasteiger partial charge in [-0.3, -0.25) is 0 Å². The molecule has 0 aliphatic rings. The first-order chi connectivity index (χ1) is 24.1. The zero-order valence-electron chi connectivity index (χ0n) is 27.7. The number of rotatable bonds is 5. The molecule has 0 unspecified atom stereocenters. The van der Waals surface area contributed by atoms with E-state index in [9.17, 15) is 0 Å². The molecule has 0 heterocycles. The molecule has 0 nitrogen and oxygen atoms in total. The van der Waals surface area contributed by atoms with Crippen LogP contribution in [0, 0.1) is 0 Å². The summed E-state index contributed by atoms with van der Waals surface area (Å²) in [6, 6.07) is 65.4. The summed E-state index contributed by atoms with van der Waals surface area (Å²) < 4.78 is 0. The van der Waals surface area contributed by atoms with E-state index in [1.807, 2.05) is 0 Å². The Labute approximate surface area is 289 Å². The van der Waals surface area contributed by atoms with Crippen molar-refractivity contribution >= 4 is 56.3 Å². The smallest absolute Gasteiger partial charge is 0.00259 e. The Hall–Kier alpha value is -5.55. The van der Waals surface area contributed by atoms with Crippen molar-refractivity contribution in [3.63, 3.8) is 0 Å². The highest BCUT2D eigenvalue weighted by Gasteiger charge is 2.18. The fraction of sp³-hybridized carbons (Fsp3) is 0.0417. The Kier molecular flexibility index (Phi) is 7.34. The lowest BCUT2D eigenvalue weighted by Crippen LogP contribution is -1.99. The van der Waals surface area contributed by atoms with Gasteiger partial charge in [-0.1, -0.05) is 147 Å². The van der Waals surface area contributed by atoms with Crippen LogP contribution in [0.1, 0.15) is 0 Å². The van der Waals surface area contributed by atoms with Gasteiger partial charge in [-0.25, -0.2) is 0 Å². The van der Waals surface area contributed by atoms with E-state index >= 15 is 0 Å². The minimum absolute atomic E-state index is 0.205. The molecule has 0 aliphatic heterocycles. The number of hydrogen-bond donors (Lipinski definition) is 0. The van der Waals surface area contributed by atoms with E-state index in [2.05, 4.69) is 189 Å². The Morgan fingerprint density at radius 2 is 0.714 bits per heavy atom. The molecule has 9 aromatic rings. The van der Waals surface area contributed by atoms with E-state index < -0.39 is 0 Å². The van der Waals surface area contributed by atoms with Crippen LogP contribution in [-0.2, 0) is 0 Å². The molecule has 49 heavy (non-hydrogen) atoms. The molecular weight excluding hydrogens is 608 g/mol. The maximum atomic E-state index is 2.41. The van der Waals surface area contributed by atoms with E-state index in [1.165, 1.54) is 92.9 Å². The molecule has 9 rings (SSSR count). The molecule has 9 aromatic carbocycles. The molecule has 1 heteroatoms. The average Bonchev–Trinajstić information content (AvgIpc) is 3.16. The van der Waals surface area contributed by atoms with Crippen LogP contribution in [0.3, 0.4) is 0 Å². The maximum Gasteiger partial charge on any atom is -0.00259 e. The molecule has 0 spiro atoms. The van der Waals surface area contributed by atoms with Crippen molar-refractivity contribution in [2.75, 3.05) is 13.3 Å². The Morgan fingerprint density at radius 1 is 0.286 bits per heavy atom. The van der Waals surface area contributed by atoms with Gasteiger partial charge in [-0.2, -0.15) is 0 Å². The lowest BCUT2D eigenvalue weighted by atomic mass is 9.84. The summed E-state index contributed by atoms with van der Waals surface area (Å²) in [6.45, 7) is 4.67. The van der Waals surface area contributed by atoms with Crippen LogP contribution in [0.5, 0.6) is 0 Å². The van der Waals surface area contributed by atoms with Crippen molar-refractivity contribution in [1.29, 1.82) is 0 Å². The van der Waals surface area contributed by atoms with Gasteiger partial charge in [0.05, 0.1) is 0 Å². The minimum atomic E-state index is -0.205. The predicted molar refractivity (Wildman–Crippen MR) is 217 cm³/mol. The Bertz CT molecular complexity index is 2540. The monoisotopic (exact) mass is 642 g/mol. The van der Waals surface area contributed by atoms with E-state index in [-0.39, 0.29) is 7.92 Å². The van der Waals surface area contributed by atoms with Crippen molar-refractivity contribution in [2.45, 2.75) is 0 Å². The van der Waals surface area contributed by atoms with Gasteiger partial charge in [0.25, 0.3) is 0 Å². The van der Waals surface area contributed by atoms with Crippen LogP contribution in [0.4, 0.5) is 0 Å². The fourth-order valence-electron chi connectivity index (χ4n) is 7.53. The van der Waals surface area contributed by atoms with Gasteiger partial charge < -0.3 is 0 Å². The van der Waals surface area contributed by atoms with Gasteiger partial charge in [0, 0.05) is 0 Å². The largest absolute Gasteiger partial charge is 0.0817 e. The summed E-state index contributed by atoms with van der Waals surface area (Å²) in [5.74, 6) is 0. The second kappa shape index (κ2) is 12.2. The highest BCUT2D eigenvalue weighted by Crippen LogP contribution is 2.45. The quantitative estimate of drug-likeness (QED) is 0.129. The highest BCUT2D eigenvalue weighted by molar-refractivity contribution is 7.64. The van der Waals surface area contributed by atoms with E-state index in [0.717, 1.165) is 0 Å². The molecule has 0 atom stereocenters. The summed E-state index contributed by atoms with van der Waals surface area (Å²) in [5, 5.41) is 11.6. The topological polar surface area (TPSA) is 0 Å². The zero-order valence-corrected chi connectivity index (χ0v) is 28.6. The maximum absolute atomic E-state index is 2.41. The lowest BCUT2D eigenvalue weighted by molar-refractivity contribution is 1.60. The first kappa shape index (κ1) is 29.6. The van der Waals surface area contributed by atoms with Crippen LogP contribution >= 0.6 is 7.92 Å².